The zero-order valence-electron chi connectivity index (χ0n) is 9.45. The molecule has 0 fully saturated rings. The second-order valence-electron chi connectivity index (χ2n) is 3.10. The second-order valence-corrected chi connectivity index (χ2v) is 3.10. The van der Waals surface area contributed by atoms with Crippen LogP contribution in [0, 0.1) is 5.92 Å². The molecule has 15 heavy (non-hydrogen) atoms. The Morgan fingerprint density at radius 2 is 1.80 bits per heavy atom. The molecule has 1 atom stereocenters. The van der Waals surface area contributed by atoms with E-state index in [0.29, 0.717) is 0 Å². The number of carbonyl (C=O) groups is 2. The molecule has 5 nitrogen and oxygen atoms in total. The molecule has 0 saturated carbocycles. The average Bonchev–Trinajstić information content (AvgIpc) is 2.18. The number of carbonyl (C=O) groups excluding carboxylic acids is 2. The quantitative estimate of drug-likeness (QED) is 0.504. The van der Waals surface area contributed by atoms with Gasteiger partial charge in [-0.15, -0.1) is 0 Å². The van der Waals surface area contributed by atoms with Crippen molar-refractivity contribution < 1.29 is 23.8 Å². The summed E-state index contributed by atoms with van der Waals surface area (Å²) in [5, 5.41) is 0. The van der Waals surface area contributed by atoms with Gasteiger partial charge in [-0.2, -0.15) is 0 Å². The minimum atomic E-state index is -0.826. The molecule has 1 unspecified atom stereocenters. The summed E-state index contributed by atoms with van der Waals surface area (Å²) >= 11 is 0. The van der Waals surface area contributed by atoms with E-state index >= 15 is 0 Å². The number of rotatable bonds is 6. The number of hydrogen-bond acceptors (Lipinski definition) is 5. The molecule has 88 valence electrons. The topological polar surface area (TPSA) is 61.8 Å². The van der Waals surface area contributed by atoms with Crippen LogP contribution in [0.2, 0.25) is 0 Å². The molecule has 0 radical (unpaired) electrons. The van der Waals surface area contributed by atoms with E-state index in [-0.39, 0.29) is 25.3 Å². The van der Waals surface area contributed by atoms with Crippen LogP contribution in [-0.4, -0.2) is 25.5 Å². The van der Waals surface area contributed by atoms with E-state index in [2.05, 4.69) is 9.47 Å². The van der Waals surface area contributed by atoms with Crippen LogP contribution in [0.5, 0.6) is 0 Å². The summed E-state index contributed by atoms with van der Waals surface area (Å²) in [6.45, 7) is 5.27. The largest absolute Gasteiger partial charge is 0.511 e. The molecule has 0 aromatic rings. The van der Waals surface area contributed by atoms with Crippen LogP contribution >= 0.6 is 0 Å². The van der Waals surface area contributed by atoms with E-state index in [4.69, 9.17) is 4.74 Å². The van der Waals surface area contributed by atoms with Crippen LogP contribution in [0.25, 0.3) is 0 Å². The molecule has 0 heterocycles. The van der Waals surface area contributed by atoms with E-state index in [1.165, 1.54) is 0 Å². The number of hydrogen-bond donors (Lipinski definition) is 0. The van der Waals surface area contributed by atoms with Gasteiger partial charge in [-0.25, -0.2) is 4.79 Å². The maximum Gasteiger partial charge on any atom is 0.511 e. The second kappa shape index (κ2) is 8.08. The van der Waals surface area contributed by atoms with Gasteiger partial charge in [-0.3, -0.25) is 4.79 Å². The van der Waals surface area contributed by atoms with Crippen LogP contribution in [0.1, 0.15) is 33.6 Å². The lowest BCUT2D eigenvalue weighted by molar-refractivity contribution is -0.157. The van der Waals surface area contributed by atoms with Crippen molar-refractivity contribution in [1.82, 2.24) is 0 Å². The zero-order valence-corrected chi connectivity index (χ0v) is 9.45. The highest BCUT2D eigenvalue weighted by Crippen LogP contribution is 2.06. The van der Waals surface area contributed by atoms with Crippen molar-refractivity contribution >= 4 is 12.1 Å². The van der Waals surface area contributed by atoms with Gasteiger partial charge in [0.15, 0.2) is 0 Å². The van der Waals surface area contributed by atoms with Gasteiger partial charge >= 0.3 is 12.1 Å². The highest BCUT2D eigenvalue weighted by Gasteiger charge is 2.13. The molecule has 0 rings (SSSR count). The predicted octanol–water partition coefficient (Wildman–Crippen LogP) is 2.10. The van der Waals surface area contributed by atoms with E-state index in [9.17, 15) is 9.59 Å². The fourth-order valence-electron chi connectivity index (χ4n) is 0.988. The van der Waals surface area contributed by atoms with Crippen LogP contribution in [0.4, 0.5) is 4.79 Å². The zero-order chi connectivity index (χ0) is 11.7. The van der Waals surface area contributed by atoms with Crippen molar-refractivity contribution in [3.8, 4) is 0 Å². The van der Waals surface area contributed by atoms with E-state index in [0.717, 1.165) is 12.8 Å². The smallest absolute Gasteiger partial charge is 0.435 e. The maximum absolute atomic E-state index is 11.2. The molecular formula is C10H18O5. The van der Waals surface area contributed by atoms with Gasteiger partial charge < -0.3 is 14.2 Å². The average molecular weight is 218 g/mol. The molecule has 0 aliphatic rings. The third-order valence-electron chi connectivity index (χ3n) is 1.76. The van der Waals surface area contributed by atoms with Gasteiger partial charge in [-0.1, -0.05) is 20.3 Å². The third-order valence-corrected chi connectivity index (χ3v) is 1.76. The normalized spacial score (nSPS) is 11.7. The Hall–Kier alpha value is -1.26. The maximum atomic E-state index is 11.2. The van der Waals surface area contributed by atoms with Crippen LogP contribution in [0.15, 0.2) is 0 Å². The summed E-state index contributed by atoms with van der Waals surface area (Å²) in [7, 11) is 0. The van der Waals surface area contributed by atoms with Crippen molar-refractivity contribution in [3.63, 3.8) is 0 Å². The van der Waals surface area contributed by atoms with E-state index in [1.807, 2.05) is 6.92 Å². The van der Waals surface area contributed by atoms with Crippen LogP contribution < -0.4 is 0 Å². The number of esters is 1. The Morgan fingerprint density at radius 1 is 1.13 bits per heavy atom. The molecule has 0 bridgehead atoms. The first-order valence-corrected chi connectivity index (χ1v) is 5.08. The summed E-state index contributed by atoms with van der Waals surface area (Å²) in [5.41, 5.74) is 0. The lowest BCUT2D eigenvalue weighted by Crippen LogP contribution is -2.18. The first-order valence-electron chi connectivity index (χ1n) is 5.08. The third kappa shape index (κ3) is 6.76. The highest BCUT2D eigenvalue weighted by molar-refractivity contribution is 5.72. The minimum absolute atomic E-state index is 0.166. The predicted molar refractivity (Wildman–Crippen MR) is 53.1 cm³/mol. The molecule has 5 heteroatoms. The van der Waals surface area contributed by atoms with Crippen molar-refractivity contribution in [1.29, 1.82) is 0 Å². The first-order chi connectivity index (χ1) is 7.11. The van der Waals surface area contributed by atoms with Crippen LogP contribution in [0.3, 0.4) is 0 Å². The lowest BCUT2D eigenvalue weighted by atomic mass is 10.1. The molecule has 0 spiro atoms. The van der Waals surface area contributed by atoms with Gasteiger partial charge in [0.05, 0.1) is 12.5 Å². The summed E-state index contributed by atoms with van der Waals surface area (Å²) in [5.74, 6) is -0.526. The standard InChI is InChI=1S/C10H18O5/c1-4-6-8(3)9(11)14-7-15-10(12)13-5-2/h8H,4-7H2,1-3H3. The van der Waals surface area contributed by atoms with Crippen molar-refractivity contribution in [2.45, 2.75) is 33.6 Å². The summed E-state index contributed by atoms with van der Waals surface area (Å²) in [4.78, 5) is 21.9. The number of ether oxygens (including phenoxy) is 3. The lowest BCUT2D eigenvalue weighted by Gasteiger charge is -2.10. The molecule has 0 N–H and O–H groups in total. The highest BCUT2D eigenvalue weighted by atomic mass is 16.8. The summed E-state index contributed by atoms with van der Waals surface area (Å²) in [6, 6.07) is 0. The van der Waals surface area contributed by atoms with Crippen LogP contribution in [-0.2, 0) is 19.0 Å². The van der Waals surface area contributed by atoms with E-state index in [1.54, 1.807) is 13.8 Å². The Balaban J connectivity index is 3.58. The Morgan fingerprint density at radius 3 is 2.33 bits per heavy atom. The SMILES string of the molecule is CCCC(C)C(=O)OCOC(=O)OCC. The molecule has 0 aromatic heterocycles. The fourth-order valence-corrected chi connectivity index (χ4v) is 0.988. The Labute approximate surface area is 89.7 Å². The summed E-state index contributed by atoms with van der Waals surface area (Å²) < 4.78 is 13.7. The van der Waals surface area contributed by atoms with Gasteiger partial charge in [0, 0.05) is 0 Å². The van der Waals surface area contributed by atoms with Gasteiger partial charge in [0.2, 0.25) is 6.79 Å². The molecule has 0 aromatic carbocycles. The van der Waals surface area contributed by atoms with Crippen molar-refractivity contribution in [2.75, 3.05) is 13.4 Å². The molecular weight excluding hydrogens is 200 g/mol. The van der Waals surface area contributed by atoms with Crippen molar-refractivity contribution in [2.24, 2.45) is 5.92 Å². The fraction of sp³-hybridized carbons (Fsp3) is 0.800. The molecule has 0 aliphatic heterocycles. The Kier molecular flexibility index (Phi) is 7.40. The molecule has 0 aliphatic carbocycles. The van der Waals surface area contributed by atoms with Crippen molar-refractivity contribution in [3.05, 3.63) is 0 Å². The first kappa shape index (κ1) is 13.7. The van der Waals surface area contributed by atoms with Gasteiger partial charge in [-0.05, 0) is 13.3 Å². The van der Waals surface area contributed by atoms with E-state index < -0.39 is 6.16 Å². The monoisotopic (exact) mass is 218 g/mol. The minimum Gasteiger partial charge on any atom is -0.435 e. The Bertz CT molecular complexity index is 202. The molecule has 0 saturated heterocycles. The van der Waals surface area contributed by atoms with Gasteiger partial charge in [0.25, 0.3) is 0 Å². The molecule has 0 amide bonds. The van der Waals surface area contributed by atoms with Gasteiger partial charge in [0.1, 0.15) is 0 Å². The summed E-state index contributed by atoms with van der Waals surface area (Å²) in [6.07, 6.45) is 0.848.